The highest BCUT2D eigenvalue weighted by Gasteiger charge is 2.25. The average molecular weight is 256 g/mol. The maximum absolute atomic E-state index is 12.1. The normalized spacial score (nSPS) is 17.5. The summed E-state index contributed by atoms with van der Waals surface area (Å²) in [4.78, 5) is 27.3. The number of rotatable bonds is 5. The van der Waals surface area contributed by atoms with Crippen LogP contribution in [0.2, 0.25) is 0 Å². The predicted molar refractivity (Wildman–Crippen MR) is 69.1 cm³/mol. The van der Waals surface area contributed by atoms with E-state index < -0.39 is 0 Å². The first-order chi connectivity index (χ1) is 8.54. The standard InChI is InChI=1S/C13H24N2O3/c1-4-18-12(16)7-10-15(3)13(17)11-5-8-14(2)9-6-11/h11H,4-10H2,1-3H3. The number of ether oxygens (including phenoxy) is 1. The van der Waals surface area contributed by atoms with E-state index >= 15 is 0 Å². The van der Waals surface area contributed by atoms with Gasteiger partial charge in [-0.2, -0.15) is 0 Å². The van der Waals surface area contributed by atoms with Crippen LogP contribution in [0.1, 0.15) is 26.2 Å². The summed E-state index contributed by atoms with van der Waals surface area (Å²) >= 11 is 0. The third-order valence-electron chi connectivity index (χ3n) is 3.40. The Labute approximate surface area is 109 Å². The van der Waals surface area contributed by atoms with E-state index in [0.29, 0.717) is 13.2 Å². The zero-order valence-electron chi connectivity index (χ0n) is 11.6. The molecule has 1 amide bonds. The fraction of sp³-hybridized carbons (Fsp3) is 0.846. The van der Waals surface area contributed by atoms with Gasteiger partial charge in [-0.05, 0) is 39.9 Å². The Morgan fingerprint density at radius 2 is 1.94 bits per heavy atom. The molecule has 18 heavy (non-hydrogen) atoms. The largest absolute Gasteiger partial charge is 0.466 e. The number of piperidine rings is 1. The Morgan fingerprint density at radius 1 is 1.33 bits per heavy atom. The van der Waals surface area contributed by atoms with Gasteiger partial charge in [-0.15, -0.1) is 0 Å². The van der Waals surface area contributed by atoms with Gasteiger partial charge in [0.2, 0.25) is 5.91 Å². The lowest BCUT2D eigenvalue weighted by Crippen LogP contribution is -2.40. The molecule has 0 unspecified atom stereocenters. The van der Waals surface area contributed by atoms with Gasteiger partial charge in [0, 0.05) is 19.5 Å². The van der Waals surface area contributed by atoms with Crippen LogP contribution in [0.15, 0.2) is 0 Å². The van der Waals surface area contributed by atoms with E-state index in [-0.39, 0.29) is 24.2 Å². The van der Waals surface area contributed by atoms with Crippen molar-refractivity contribution in [2.75, 3.05) is 40.3 Å². The molecule has 1 rings (SSSR count). The van der Waals surface area contributed by atoms with Crippen molar-refractivity contribution in [1.29, 1.82) is 0 Å². The summed E-state index contributed by atoms with van der Waals surface area (Å²) in [6.45, 7) is 4.57. The molecule has 5 nitrogen and oxygen atoms in total. The molecule has 0 aromatic carbocycles. The second-order valence-corrected chi connectivity index (χ2v) is 4.89. The maximum Gasteiger partial charge on any atom is 0.307 e. The van der Waals surface area contributed by atoms with E-state index in [9.17, 15) is 9.59 Å². The highest BCUT2D eigenvalue weighted by atomic mass is 16.5. The number of esters is 1. The summed E-state index contributed by atoms with van der Waals surface area (Å²) < 4.78 is 4.85. The van der Waals surface area contributed by atoms with Crippen molar-refractivity contribution < 1.29 is 14.3 Å². The molecule has 1 aliphatic heterocycles. The fourth-order valence-electron chi connectivity index (χ4n) is 2.17. The summed E-state index contributed by atoms with van der Waals surface area (Å²) in [5.74, 6) is 0.0429. The van der Waals surface area contributed by atoms with Crippen LogP contribution in [0.3, 0.4) is 0 Å². The van der Waals surface area contributed by atoms with E-state index in [1.54, 1.807) is 18.9 Å². The highest BCUT2D eigenvalue weighted by molar-refractivity contribution is 5.79. The van der Waals surface area contributed by atoms with Crippen LogP contribution in [-0.2, 0) is 14.3 Å². The number of amides is 1. The van der Waals surface area contributed by atoms with Crippen molar-refractivity contribution in [3.8, 4) is 0 Å². The number of likely N-dealkylation sites (tertiary alicyclic amines) is 1. The van der Waals surface area contributed by atoms with Gasteiger partial charge in [-0.3, -0.25) is 9.59 Å². The molecule has 0 N–H and O–H groups in total. The average Bonchev–Trinajstić information content (AvgIpc) is 2.36. The minimum absolute atomic E-state index is 0.119. The third kappa shape index (κ3) is 4.64. The third-order valence-corrected chi connectivity index (χ3v) is 3.40. The van der Waals surface area contributed by atoms with Gasteiger partial charge in [0.1, 0.15) is 0 Å². The van der Waals surface area contributed by atoms with E-state index in [2.05, 4.69) is 11.9 Å². The molecule has 1 fully saturated rings. The first-order valence-electron chi connectivity index (χ1n) is 6.63. The van der Waals surface area contributed by atoms with Gasteiger partial charge >= 0.3 is 5.97 Å². The van der Waals surface area contributed by atoms with Crippen LogP contribution in [0, 0.1) is 5.92 Å². The van der Waals surface area contributed by atoms with Crippen molar-refractivity contribution in [3.05, 3.63) is 0 Å². The Balaban J connectivity index is 2.30. The molecule has 0 aromatic rings. The smallest absolute Gasteiger partial charge is 0.307 e. The number of nitrogens with zero attached hydrogens (tertiary/aromatic N) is 2. The topological polar surface area (TPSA) is 49.9 Å². The summed E-state index contributed by atoms with van der Waals surface area (Å²) in [6, 6.07) is 0. The molecule has 0 aliphatic carbocycles. The van der Waals surface area contributed by atoms with Gasteiger partial charge in [0.15, 0.2) is 0 Å². The van der Waals surface area contributed by atoms with E-state index in [1.807, 2.05) is 0 Å². The van der Waals surface area contributed by atoms with E-state index in [0.717, 1.165) is 25.9 Å². The van der Waals surface area contributed by atoms with Crippen LogP contribution in [0.25, 0.3) is 0 Å². The first-order valence-corrected chi connectivity index (χ1v) is 6.63. The molecule has 1 saturated heterocycles. The lowest BCUT2D eigenvalue weighted by Gasteiger charge is -2.30. The second kappa shape index (κ2) is 7.36. The molecule has 0 saturated carbocycles. The lowest BCUT2D eigenvalue weighted by molar-refractivity contribution is -0.144. The molecule has 0 radical (unpaired) electrons. The number of hydrogen-bond acceptors (Lipinski definition) is 4. The van der Waals surface area contributed by atoms with Crippen LogP contribution >= 0.6 is 0 Å². The Kier molecular flexibility index (Phi) is 6.12. The summed E-state index contributed by atoms with van der Waals surface area (Å²) in [5, 5.41) is 0. The van der Waals surface area contributed by atoms with Crippen LogP contribution < -0.4 is 0 Å². The zero-order chi connectivity index (χ0) is 13.5. The second-order valence-electron chi connectivity index (χ2n) is 4.89. The van der Waals surface area contributed by atoms with Crippen molar-refractivity contribution in [2.45, 2.75) is 26.2 Å². The van der Waals surface area contributed by atoms with Gasteiger partial charge in [-0.25, -0.2) is 0 Å². The van der Waals surface area contributed by atoms with Gasteiger partial charge in [-0.1, -0.05) is 0 Å². The predicted octanol–water partition coefficient (Wildman–Crippen LogP) is 0.740. The minimum Gasteiger partial charge on any atom is -0.466 e. The van der Waals surface area contributed by atoms with Crippen LogP contribution in [0.5, 0.6) is 0 Å². The molecular weight excluding hydrogens is 232 g/mol. The lowest BCUT2D eigenvalue weighted by atomic mass is 9.96. The maximum atomic E-state index is 12.1. The molecule has 0 bridgehead atoms. The summed E-state index contributed by atoms with van der Waals surface area (Å²) in [5.41, 5.74) is 0. The van der Waals surface area contributed by atoms with Crippen molar-refractivity contribution in [1.82, 2.24) is 9.80 Å². The molecular formula is C13H24N2O3. The van der Waals surface area contributed by atoms with Crippen molar-refractivity contribution >= 4 is 11.9 Å². The highest BCUT2D eigenvalue weighted by Crippen LogP contribution is 2.18. The Bertz CT molecular complexity index is 286. The summed E-state index contributed by atoms with van der Waals surface area (Å²) in [7, 11) is 3.84. The molecule has 1 heterocycles. The van der Waals surface area contributed by atoms with E-state index in [1.165, 1.54) is 0 Å². The fourth-order valence-corrected chi connectivity index (χ4v) is 2.17. The van der Waals surface area contributed by atoms with Gasteiger partial charge < -0.3 is 14.5 Å². The minimum atomic E-state index is -0.236. The van der Waals surface area contributed by atoms with Crippen LogP contribution in [-0.4, -0.2) is 62.0 Å². The van der Waals surface area contributed by atoms with Gasteiger partial charge in [0.05, 0.1) is 13.0 Å². The molecule has 5 heteroatoms. The number of hydrogen-bond donors (Lipinski definition) is 0. The van der Waals surface area contributed by atoms with E-state index in [4.69, 9.17) is 4.74 Å². The number of carbonyl (C=O) groups is 2. The van der Waals surface area contributed by atoms with Crippen molar-refractivity contribution in [2.24, 2.45) is 5.92 Å². The molecule has 1 aliphatic rings. The molecule has 0 atom stereocenters. The summed E-state index contributed by atoms with van der Waals surface area (Å²) in [6.07, 6.45) is 2.11. The number of carbonyl (C=O) groups excluding carboxylic acids is 2. The molecule has 0 aromatic heterocycles. The van der Waals surface area contributed by atoms with Crippen molar-refractivity contribution in [3.63, 3.8) is 0 Å². The first kappa shape index (κ1) is 15.0. The molecule has 0 spiro atoms. The van der Waals surface area contributed by atoms with Crippen LogP contribution in [0.4, 0.5) is 0 Å². The molecule has 104 valence electrons. The zero-order valence-corrected chi connectivity index (χ0v) is 11.6. The Hall–Kier alpha value is -1.10. The monoisotopic (exact) mass is 256 g/mol. The quantitative estimate of drug-likeness (QED) is 0.681. The SMILES string of the molecule is CCOC(=O)CCN(C)C(=O)C1CCN(C)CC1. The Morgan fingerprint density at radius 3 is 2.50 bits per heavy atom. The van der Waals surface area contributed by atoms with Gasteiger partial charge in [0.25, 0.3) is 0 Å².